The molecule has 0 saturated carbocycles. The van der Waals surface area contributed by atoms with Crippen LogP contribution in [0, 0.1) is 12.8 Å². The zero-order chi connectivity index (χ0) is 12.2. The molecule has 6 nitrogen and oxygen atoms in total. The SMILES string of the molecule is Cc1ncc(S(=O)(=O)NCC(C)CCN)[nH]1. The topological polar surface area (TPSA) is 101 Å². The number of aryl methyl sites for hydroxylation is 1. The van der Waals surface area contributed by atoms with Gasteiger partial charge in [-0.25, -0.2) is 18.1 Å². The zero-order valence-electron chi connectivity index (χ0n) is 9.53. The van der Waals surface area contributed by atoms with Gasteiger partial charge in [-0.2, -0.15) is 0 Å². The number of nitrogens with two attached hydrogens (primary N) is 1. The molecule has 0 aliphatic carbocycles. The van der Waals surface area contributed by atoms with Gasteiger partial charge < -0.3 is 10.7 Å². The molecule has 1 aromatic heterocycles. The van der Waals surface area contributed by atoms with Crippen molar-refractivity contribution >= 4 is 10.0 Å². The second kappa shape index (κ2) is 5.42. The van der Waals surface area contributed by atoms with E-state index in [1.807, 2.05) is 6.92 Å². The Morgan fingerprint density at radius 2 is 2.31 bits per heavy atom. The highest BCUT2D eigenvalue weighted by Crippen LogP contribution is 2.06. The summed E-state index contributed by atoms with van der Waals surface area (Å²) in [6.07, 6.45) is 2.11. The highest BCUT2D eigenvalue weighted by molar-refractivity contribution is 7.89. The minimum Gasteiger partial charge on any atom is -0.332 e. The molecular weight excluding hydrogens is 228 g/mol. The Morgan fingerprint density at radius 3 is 2.81 bits per heavy atom. The number of aromatic amines is 1. The third-order valence-electron chi connectivity index (χ3n) is 2.25. The minimum absolute atomic E-state index is 0.102. The van der Waals surface area contributed by atoms with Crippen LogP contribution in [0.1, 0.15) is 19.2 Å². The predicted octanol–water partition coefficient (Wildman–Crippen LogP) is -0.0187. The molecule has 4 N–H and O–H groups in total. The smallest absolute Gasteiger partial charge is 0.257 e. The van der Waals surface area contributed by atoms with Crippen molar-refractivity contribution in [3.8, 4) is 0 Å². The maximum Gasteiger partial charge on any atom is 0.257 e. The van der Waals surface area contributed by atoms with E-state index < -0.39 is 10.0 Å². The summed E-state index contributed by atoms with van der Waals surface area (Å²) in [5, 5.41) is 0.102. The summed E-state index contributed by atoms with van der Waals surface area (Å²) in [4.78, 5) is 6.54. The number of aromatic nitrogens is 2. The van der Waals surface area contributed by atoms with Crippen molar-refractivity contribution in [3.05, 3.63) is 12.0 Å². The molecule has 1 atom stereocenters. The maximum absolute atomic E-state index is 11.7. The highest BCUT2D eigenvalue weighted by Gasteiger charge is 2.16. The molecule has 1 rings (SSSR count). The fraction of sp³-hybridized carbons (Fsp3) is 0.667. The number of hydrogen-bond acceptors (Lipinski definition) is 4. The van der Waals surface area contributed by atoms with Crippen LogP contribution in [0.5, 0.6) is 0 Å². The molecule has 0 amide bonds. The first kappa shape index (κ1) is 13.1. The first-order valence-electron chi connectivity index (χ1n) is 5.17. The Labute approximate surface area is 95.7 Å². The highest BCUT2D eigenvalue weighted by atomic mass is 32.2. The molecule has 0 radical (unpaired) electrons. The number of rotatable bonds is 6. The fourth-order valence-corrected chi connectivity index (χ4v) is 2.38. The molecule has 7 heteroatoms. The standard InChI is InChI=1S/C9H18N4O2S/c1-7(3-4-10)5-12-16(14,15)9-6-11-8(2)13-9/h6-7,12H,3-5,10H2,1-2H3,(H,11,13). The van der Waals surface area contributed by atoms with E-state index in [2.05, 4.69) is 14.7 Å². The van der Waals surface area contributed by atoms with Gasteiger partial charge in [-0.15, -0.1) is 0 Å². The summed E-state index contributed by atoms with van der Waals surface area (Å²) in [7, 11) is -3.46. The van der Waals surface area contributed by atoms with Gasteiger partial charge in [-0.3, -0.25) is 0 Å². The van der Waals surface area contributed by atoms with Gasteiger partial charge in [0.05, 0.1) is 6.20 Å². The van der Waals surface area contributed by atoms with Gasteiger partial charge in [0, 0.05) is 6.54 Å². The Balaban J connectivity index is 2.59. The van der Waals surface area contributed by atoms with Crippen LogP contribution in [0.25, 0.3) is 0 Å². The Hall–Kier alpha value is -0.920. The number of nitrogens with zero attached hydrogens (tertiary/aromatic N) is 1. The summed E-state index contributed by atoms with van der Waals surface area (Å²) >= 11 is 0. The van der Waals surface area contributed by atoms with Crippen molar-refractivity contribution in [1.29, 1.82) is 0 Å². The lowest BCUT2D eigenvalue weighted by Gasteiger charge is -2.10. The normalized spacial score (nSPS) is 13.9. The first-order valence-corrected chi connectivity index (χ1v) is 6.65. The molecule has 92 valence electrons. The lowest BCUT2D eigenvalue weighted by atomic mass is 10.1. The maximum atomic E-state index is 11.7. The Morgan fingerprint density at radius 1 is 1.62 bits per heavy atom. The molecule has 0 aliphatic heterocycles. The van der Waals surface area contributed by atoms with Crippen molar-refractivity contribution in [2.45, 2.75) is 25.3 Å². The Kier molecular flexibility index (Phi) is 4.45. The molecule has 16 heavy (non-hydrogen) atoms. The average molecular weight is 246 g/mol. The Bertz CT molecular complexity index is 426. The molecule has 0 fully saturated rings. The van der Waals surface area contributed by atoms with Crippen LogP contribution in [-0.2, 0) is 10.0 Å². The van der Waals surface area contributed by atoms with E-state index in [0.29, 0.717) is 18.9 Å². The average Bonchev–Trinajstić information content (AvgIpc) is 2.63. The largest absolute Gasteiger partial charge is 0.332 e. The molecular formula is C9H18N4O2S. The summed E-state index contributed by atoms with van der Waals surface area (Å²) in [5.74, 6) is 0.805. The third-order valence-corrected chi connectivity index (χ3v) is 3.58. The number of imidazole rings is 1. The minimum atomic E-state index is -3.46. The van der Waals surface area contributed by atoms with Gasteiger partial charge in [-0.05, 0) is 25.8 Å². The first-order chi connectivity index (χ1) is 7.45. The van der Waals surface area contributed by atoms with Crippen LogP contribution in [0.4, 0.5) is 0 Å². The van der Waals surface area contributed by atoms with E-state index in [1.54, 1.807) is 6.92 Å². The number of H-pyrrole nitrogens is 1. The van der Waals surface area contributed by atoms with E-state index in [9.17, 15) is 8.42 Å². The monoisotopic (exact) mass is 246 g/mol. The van der Waals surface area contributed by atoms with E-state index in [4.69, 9.17) is 5.73 Å². The van der Waals surface area contributed by atoms with E-state index in [-0.39, 0.29) is 10.9 Å². The second-order valence-electron chi connectivity index (χ2n) is 3.87. The molecule has 0 aromatic carbocycles. The lowest BCUT2D eigenvalue weighted by Crippen LogP contribution is -2.29. The molecule has 0 aliphatic rings. The molecule has 0 bridgehead atoms. The van der Waals surface area contributed by atoms with E-state index in [0.717, 1.165) is 6.42 Å². The van der Waals surface area contributed by atoms with Crippen LogP contribution >= 0.6 is 0 Å². The molecule has 0 spiro atoms. The van der Waals surface area contributed by atoms with Crippen molar-refractivity contribution in [1.82, 2.24) is 14.7 Å². The van der Waals surface area contributed by atoms with Gasteiger partial charge in [0.25, 0.3) is 10.0 Å². The van der Waals surface area contributed by atoms with Crippen molar-refractivity contribution < 1.29 is 8.42 Å². The van der Waals surface area contributed by atoms with Gasteiger partial charge in [0.2, 0.25) is 0 Å². The molecule has 1 heterocycles. The van der Waals surface area contributed by atoms with Crippen LogP contribution in [0.2, 0.25) is 0 Å². The number of hydrogen-bond donors (Lipinski definition) is 3. The van der Waals surface area contributed by atoms with Crippen molar-refractivity contribution in [3.63, 3.8) is 0 Å². The zero-order valence-corrected chi connectivity index (χ0v) is 10.3. The molecule has 1 unspecified atom stereocenters. The fourth-order valence-electron chi connectivity index (χ4n) is 1.25. The molecule has 1 aromatic rings. The summed E-state index contributed by atoms with van der Waals surface area (Å²) in [6.45, 7) is 4.60. The number of nitrogens with one attached hydrogen (secondary N) is 2. The van der Waals surface area contributed by atoms with Crippen LogP contribution in [0.15, 0.2) is 11.2 Å². The van der Waals surface area contributed by atoms with Crippen LogP contribution in [-0.4, -0.2) is 31.5 Å². The summed E-state index contributed by atoms with van der Waals surface area (Å²) < 4.78 is 26.0. The lowest BCUT2D eigenvalue weighted by molar-refractivity contribution is 0.514. The third kappa shape index (κ3) is 3.58. The summed E-state index contributed by atoms with van der Waals surface area (Å²) in [5.41, 5.74) is 5.39. The van der Waals surface area contributed by atoms with E-state index >= 15 is 0 Å². The van der Waals surface area contributed by atoms with Gasteiger partial charge >= 0.3 is 0 Å². The van der Waals surface area contributed by atoms with Gasteiger partial charge in [0.15, 0.2) is 5.03 Å². The van der Waals surface area contributed by atoms with Crippen LogP contribution in [0.3, 0.4) is 0 Å². The van der Waals surface area contributed by atoms with Crippen molar-refractivity contribution in [2.24, 2.45) is 11.7 Å². The van der Waals surface area contributed by atoms with Gasteiger partial charge in [-0.1, -0.05) is 6.92 Å². The number of sulfonamides is 1. The molecule has 0 saturated heterocycles. The predicted molar refractivity (Wildman–Crippen MR) is 61.3 cm³/mol. The van der Waals surface area contributed by atoms with E-state index in [1.165, 1.54) is 6.20 Å². The van der Waals surface area contributed by atoms with Crippen molar-refractivity contribution in [2.75, 3.05) is 13.1 Å². The van der Waals surface area contributed by atoms with Gasteiger partial charge in [0.1, 0.15) is 5.82 Å². The summed E-state index contributed by atoms with van der Waals surface area (Å²) in [6, 6.07) is 0. The second-order valence-corrected chi connectivity index (χ2v) is 5.60. The quantitative estimate of drug-likeness (QED) is 0.656. The van der Waals surface area contributed by atoms with Crippen LogP contribution < -0.4 is 10.5 Å².